The Labute approximate surface area is 138 Å². The first-order valence-corrected chi connectivity index (χ1v) is 7.77. The molecule has 2 aromatic rings. The maximum absolute atomic E-state index is 9.94. The van der Waals surface area contributed by atoms with E-state index in [0.29, 0.717) is 21.9 Å². The first-order chi connectivity index (χ1) is 10.3. The van der Waals surface area contributed by atoms with Gasteiger partial charge in [-0.3, -0.25) is 4.98 Å². The maximum Gasteiger partial charge on any atom is 0.223 e. The standard InChI is InChI=1S/C17H19BrN2O2/c1-5-6-7-11(2)16-20-14(15(18)22-16)12-8-9-13(19-10-12)17(3,4)21/h5,8-10,21H,1-2,6-7H2,3-4H3. The summed E-state index contributed by atoms with van der Waals surface area (Å²) in [6, 6.07) is 3.64. The second-order valence-electron chi connectivity index (χ2n) is 5.56. The lowest BCUT2D eigenvalue weighted by Gasteiger charge is -2.16. The molecule has 0 unspecified atom stereocenters. The van der Waals surface area contributed by atoms with Crippen molar-refractivity contribution in [2.75, 3.05) is 0 Å². The number of hydrogen-bond donors (Lipinski definition) is 1. The van der Waals surface area contributed by atoms with Crippen LogP contribution in [0.1, 0.15) is 38.3 Å². The molecule has 0 aliphatic rings. The number of aliphatic hydroxyl groups is 1. The zero-order chi connectivity index (χ0) is 16.3. The van der Waals surface area contributed by atoms with Crippen LogP contribution in [-0.2, 0) is 5.60 Å². The average molecular weight is 363 g/mol. The summed E-state index contributed by atoms with van der Waals surface area (Å²) in [5.41, 5.74) is 1.94. The molecule has 116 valence electrons. The minimum absolute atomic E-state index is 0.510. The molecular formula is C17H19BrN2O2. The minimum Gasteiger partial charge on any atom is -0.429 e. The van der Waals surface area contributed by atoms with Gasteiger partial charge in [0, 0.05) is 17.3 Å². The molecule has 2 heterocycles. The van der Waals surface area contributed by atoms with E-state index in [1.165, 1.54) is 0 Å². The molecule has 0 saturated heterocycles. The number of halogens is 1. The van der Waals surface area contributed by atoms with Crippen LogP contribution in [-0.4, -0.2) is 15.1 Å². The second kappa shape index (κ2) is 6.58. The van der Waals surface area contributed by atoms with Crippen molar-refractivity contribution in [3.8, 4) is 11.3 Å². The van der Waals surface area contributed by atoms with E-state index in [-0.39, 0.29) is 0 Å². The van der Waals surface area contributed by atoms with Gasteiger partial charge in [-0.25, -0.2) is 4.98 Å². The number of aromatic nitrogens is 2. The van der Waals surface area contributed by atoms with Gasteiger partial charge in [0.2, 0.25) is 5.89 Å². The van der Waals surface area contributed by atoms with E-state index in [1.54, 1.807) is 26.1 Å². The molecule has 1 N–H and O–H groups in total. The number of rotatable bonds is 6. The van der Waals surface area contributed by atoms with Crippen molar-refractivity contribution < 1.29 is 9.52 Å². The van der Waals surface area contributed by atoms with E-state index < -0.39 is 5.60 Å². The lowest BCUT2D eigenvalue weighted by molar-refractivity contribution is 0.0739. The van der Waals surface area contributed by atoms with Crippen LogP contribution in [0.3, 0.4) is 0 Å². The number of hydrogen-bond acceptors (Lipinski definition) is 4. The number of pyridine rings is 1. The topological polar surface area (TPSA) is 59.2 Å². The Kier molecular flexibility index (Phi) is 4.98. The van der Waals surface area contributed by atoms with Crippen LogP contribution < -0.4 is 0 Å². The molecular weight excluding hydrogens is 344 g/mol. The minimum atomic E-state index is -0.969. The van der Waals surface area contributed by atoms with Crippen molar-refractivity contribution in [1.29, 1.82) is 0 Å². The predicted molar refractivity (Wildman–Crippen MR) is 91.1 cm³/mol. The summed E-state index contributed by atoms with van der Waals surface area (Å²) in [6.07, 6.45) is 5.09. The first kappa shape index (κ1) is 16.6. The lowest BCUT2D eigenvalue weighted by Crippen LogP contribution is -2.17. The summed E-state index contributed by atoms with van der Waals surface area (Å²) in [5.74, 6) is 0.510. The third-order valence-corrected chi connectivity index (χ3v) is 3.74. The van der Waals surface area contributed by atoms with Crippen LogP contribution in [0, 0.1) is 0 Å². The highest BCUT2D eigenvalue weighted by atomic mass is 79.9. The van der Waals surface area contributed by atoms with Crippen molar-refractivity contribution in [2.24, 2.45) is 0 Å². The summed E-state index contributed by atoms with van der Waals surface area (Å²) < 4.78 is 6.16. The monoisotopic (exact) mass is 362 g/mol. The molecule has 0 spiro atoms. The summed E-state index contributed by atoms with van der Waals surface area (Å²) in [5, 5.41) is 9.94. The zero-order valence-electron chi connectivity index (χ0n) is 12.8. The number of allylic oxidation sites excluding steroid dienone is 2. The molecule has 4 nitrogen and oxygen atoms in total. The molecule has 5 heteroatoms. The van der Waals surface area contributed by atoms with Crippen LogP contribution in [0.5, 0.6) is 0 Å². The highest BCUT2D eigenvalue weighted by molar-refractivity contribution is 9.10. The van der Waals surface area contributed by atoms with Crippen LogP contribution in [0.15, 0.2) is 46.7 Å². The molecule has 0 aliphatic heterocycles. The summed E-state index contributed by atoms with van der Waals surface area (Å²) in [7, 11) is 0. The highest BCUT2D eigenvalue weighted by Crippen LogP contribution is 2.32. The lowest BCUT2D eigenvalue weighted by atomic mass is 10.0. The Morgan fingerprint density at radius 1 is 1.45 bits per heavy atom. The van der Waals surface area contributed by atoms with E-state index in [0.717, 1.165) is 24.0 Å². The average Bonchev–Trinajstić information content (AvgIpc) is 2.86. The molecule has 0 aliphatic carbocycles. The van der Waals surface area contributed by atoms with Gasteiger partial charge in [0.1, 0.15) is 11.3 Å². The summed E-state index contributed by atoms with van der Waals surface area (Å²) in [6.45, 7) is 11.1. The van der Waals surface area contributed by atoms with E-state index in [2.05, 4.69) is 39.1 Å². The van der Waals surface area contributed by atoms with Gasteiger partial charge in [0.05, 0.1) is 5.69 Å². The Morgan fingerprint density at radius 2 is 2.18 bits per heavy atom. The van der Waals surface area contributed by atoms with Crippen LogP contribution >= 0.6 is 15.9 Å². The van der Waals surface area contributed by atoms with E-state index in [9.17, 15) is 5.11 Å². The van der Waals surface area contributed by atoms with Crippen molar-refractivity contribution in [1.82, 2.24) is 9.97 Å². The quantitative estimate of drug-likeness (QED) is 0.756. The van der Waals surface area contributed by atoms with Gasteiger partial charge >= 0.3 is 0 Å². The van der Waals surface area contributed by atoms with Crippen molar-refractivity contribution in [3.63, 3.8) is 0 Å². The Balaban J connectivity index is 2.28. The van der Waals surface area contributed by atoms with Gasteiger partial charge in [-0.15, -0.1) is 6.58 Å². The molecule has 0 bridgehead atoms. The summed E-state index contributed by atoms with van der Waals surface area (Å²) >= 11 is 3.38. The smallest absolute Gasteiger partial charge is 0.223 e. The largest absolute Gasteiger partial charge is 0.429 e. The summed E-state index contributed by atoms with van der Waals surface area (Å²) in [4.78, 5) is 8.76. The normalized spacial score (nSPS) is 11.5. The third kappa shape index (κ3) is 3.72. The van der Waals surface area contributed by atoms with Crippen LogP contribution in [0.25, 0.3) is 16.8 Å². The first-order valence-electron chi connectivity index (χ1n) is 6.97. The van der Waals surface area contributed by atoms with Crippen molar-refractivity contribution in [3.05, 3.63) is 53.8 Å². The molecule has 0 amide bonds. The zero-order valence-corrected chi connectivity index (χ0v) is 14.4. The molecule has 0 fully saturated rings. The van der Waals surface area contributed by atoms with Gasteiger partial charge in [-0.05, 0) is 54.8 Å². The molecule has 2 aromatic heterocycles. The maximum atomic E-state index is 9.94. The fraction of sp³-hybridized carbons (Fsp3) is 0.294. The Hall–Kier alpha value is -1.72. The fourth-order valence-corrected chi connectivity index (χ4v) is 2.38. The fourth-order valence-electron chi connectivity index (χ4n) is 1.91. The van der Waals surface area contributed by atoms with E-state index >= 15 is 0 Å². The highest BCUT2D eigenvalue weighted by Gasteiger charge is 2.19. The van der Waals surface area contributed by atoms with Crippen LogP contribution in [0.4, 0.5) is 0 Å². The van der Waals surface area contributed by atoms with Gasteiger partial charge < -0.3 is 9.52 Å². The van der Waals surface area contributed by atoms with E-state index in [4.69, 9.17) is 4.42 Å². The number of nitrogens with zero attached hydrogens (tertiary/aromatic N) is 2. The molecule has 0 aromatic carbocycles. The van der Waals surface area contributed by atoms with Gasteiger partial charge in [-0.2, -0.15) is 0 Å². The van der Waals surface area contributed by atoms with Crippen LogP contribution in [0.2, 0.25) is 0 Å². The Morgan fingerprint density at radius 3 is 2.73 bits per heavy atom. The van der Waals surface area contributed by atoms with Gasteiger partial charge in [0.25, 0.3) is 0 Å². The second-order valence-corrected chi connectivity index (χ2v) is 6.28. The molecule has 2 rings (SSSR count). The predicted octanol–water partition coefficient (Wildman–Crippen LogP) is 4.71. The molecule has 0 saturated carbocycles. The molecule has 0 atom stereocenters. The SMILES string of the molecule is C=CCCC(=C)c1nc(-c2ccc(C(C)(C)O)nc2)c(Br)o1. The van der Waals surface area contributed by atoms with Crippen molar-refractivity contribution >= 4 is 21.5 Å². The Bertz CT molecular complexity index is 682. The van der Waals surface area contributed by atoms with Crippen molar-refractivity contribution in [2.45, 2.75) is 32.3 Å². The molecule has 22 heavy (non-hydrogen) atoms. The van der Waals surface area contributed by atoms with Gasteiger partial charge in [-0.1, -0.05) is 12.7 Å². The van der Waals surface area contributed by atoms with Gasteiger partial charge in [0.15, 0.2) is 4.67 Å². The molecule has 0 radical (unpaired) electrons. The van der Waals surface area contributed by atoms with E-state index in [1.807, 2.05) is 12.1 Å². The number of oxazole rings is 1. The third-order valence-electron chi connectivity index (χ3n) is 3.20.